The van der Waals surface area contributed by atoms with Gasteiger partial charge in [0.2, 0.25) is 5.91 Å². The third-order valence-corrected chi connectivity index (χ3v) is 10.1. The summed E-state index contributed by atoms with van der Waals surface area (Å²) >= 11 is 0.793. The maximum atomic E-state index is 13.9. The molecule has 3 aliphatic rings. The Labute approximate surface area is 283 Å². The zero-order valence-electron chi connectivity index (χ0n) is 26.8. The number of primary amides is 1. The standard InChI is InChI=1S/C33H35F3N6O6S/c1-18-24(47-2)9-8-21-25(14-22(38-27(18)21)29-39-26(16-49-29)33(34,35)36)48-20-10-12-41-23(13-20)28(44)40-32(17-43)15-19(32)7-5-3-4-6-11-42(30(37)45)31(41)46/h5,7-9,14,16-17,19-20,23H,3-4,6,10-13,15H2,1-2H3,(H2,37,45)(H,40,44)/b7-5-/t19-,20+,23+,32+/m1/s1. The number of alkyl halides is 3. The molecular weight excluding hydrogens is 665 g/mol. The van der Waals surface area contributed by atoms with Crippen LogP contribution in [0.15, 0.2) is 35.7 Å². The number of nitrogens with zero attached hydrogens (tertiary/aromatic N) is 4. The van der Waals surface area contributed by atoms with Crippen molar-refractivity contribution >= 4 is 46.5 Å². The summed E-state index contributed by atoms with van der Waals surface area (Å²) < 4.78 is 52.2. The zero-order chi connectivity index (χ0) is 35.1. The fourth-order valence-electron chi connectivity index (χ4n) is 6.44. The molecule has 4 atom stereocenters. The number of halogens is 3. The number of nitrogens with one attached hydrogen (secondary N) is 1. The van der Waals surface area contributed by atoms with E-state index >= 15 is 0 Å². The summed E-state index contributed by atoms with van der Waals surface area (Å²) in [5, 5.41) is 4.35. The Bertz CT molecular complexity index is 1830. The smallest absolute Gasteiger partial charge is 0.434 e. The third kappa shape index (κ3) is 6.78. The summed E-state index contributed by atoms with van der Waals surface area (Å²) in [5.41, 5.74) is 4.67. The van der Waals surface area contributed by atoms with E-state index in [2.05, 4.69) is 15.3 Å². The fourth-order valence-corrected chi connectivity index (χ4v) is 7.23. The number of aldehydes is 1. The van der Waals surface area contributed by atoms with E-state index in [1.54, 1.807) is 19.1 Å². The lowest BCUT2D eigenvalue weighted by Crippen LogP contribution is -2.61. The van der Waals surface area contributed by atoms with E-state index in [0.717, 1.165) is 21.6 Å². The molecule has 6 rings (SSSR count). The molecule has 0 bridgehead atoms. The number of thiazole rings is 1. The van der Waals surface area contributed by atoms with Crippen LogP contribution < -0.4 is 20.5 Å². The van der Waals surface area contributed by atoms with Crippen molar-refractivity contribution in [3.8, 4) is 22.2 Å². The van der Waals surface area contributed by atoms with E-state index in [1.165, 1.54) is 18.1 Å². The van der Waals surface area contributed by atoms with Crippen molar-refractivity contribution in [2.24, 2.45) is 11.7 Å². The number of aryl methyl sites for hydroxylation is 1. The topological polar surface area (TPSA) is 157 Å². The molecule has 3 aromatic rings. The highest BCUT2D eigenvalue weighted by molar-refractivity contribution is 7.13. The summed E-state index contributed by atoms with van der Waals surface area (Å²) in [5.74, 6) is 0.0488. The minimum atomic E-state index is -4.63. The van der Waals surface area contributed by atoms with Crippen LogP contribution >= 0.6 is 11.3 Å². The Morgan fingerprint density at radius 1 is 1.18 bits per heavy atom. The van der Waals surface area contributed by atoms with Crippen LogP contribution in [0.2, 0.25) is 0 Å². The Morgan fingerprint density at radius 2 is 1.98 bits per heavy atom. The third-order valence-electron chi connectivity index (χ3n) is 9.27. The van der Waals surface area contributed by atoms with Gasteiger partial charge in [0.25, 0.3) is 0 Å². The van der Waals surface area contributed by atoms with E-state index in [-0.39, 0.29) is 48.3 Å². The second kappa shape index (κ2) is 13.3. The van der Waals surface area contributed by atoms with Crippen molar-refractivity contribution in [3.63, 3.8) is 0 Å². The van der Waals surface area contributed by atoms with E-state index in [9.17, 15) is 32.3 Å². The van der Waals surface area contributed by atoms with Gasteiger partial charge in [-0.15, -0.1) is 11.3 Å². The summed E-state index contributed by atoms with van der Waals surface area (Å²) in [7, 11) is 1.49. The second-order valence-corrected chi connectivity index (χ2v) is 13.3. The fraction of sp³-hybridized carbons (Fsp3) is 0.455. The molecule has 5 amide bonds. The number of benzene rings is 1. The van der Waals surface area contributed by atoms with Crippen LogP contribution in [-0.4, -0.2) is 81.9 Å². The summed E-state index contributed by atoms with van der Waals surface area (Å²) in [6, 6.07) is 2.18. The largest absolute Gasteiger partial charge is 0.496 e. The number of carbonyl (C=O) groups excluding carboxylic acids is 4. The first kappa shape index (κ1) is 34.1. The summed E-state index contributed by atoms with van der Waals surface area (Å²) in [4.78, 5) is 62.8. The van der Waals surface area contributed by atoms with Crippen molar-refractivity contribution < 1.29 is 41.8 Å². The van der Waals surface area contributed by atoms with Gasteiger partial charge in [0.05, 0.1) is 12.6 Å². The molecule has 1 saturated carbocycles. The molecule has 12 nitrogen and oxygen atoms in total. The number of hydrogen-bond donors (Lipinski definition) is 2. The van der Waals surface area contributed by atoms with E-state index in [4.69, 9.17) is 15.2 Å². The number of ether oxygens (including phenoxy) is 2. The number of nitrogens with two attached hydrogens (primary N) is 1. The number of amides is 5. The summed E-state index contributed by atoms with van der Waals surface area (Å²) in [6.07, 6.45) is 1.79. The van der Waals surface area contributed by atoms with Crippen molar-refractivity contribution in [3.05, 3.63) is 47.0 Å². The molecule has 0 radical (unpaired) electrons. The highest BCUT2D eigenvalue weighted by Crippen LogP contribution is 2.44. The van der Waals surface area contributed by atoms with Crippen molar-refractivity contribution in [1.82, 2.24) is 25.1 Å². The molecule has 2 aromatic heterocycles. The van der Waals surface area contributed by atoms with Crippen molar-refractivity contribution in [1.29, 1.82) is 0 Å². The number of carbonyl (C=O) groups is 4. The molecule has 1 aliphatic carbocycles. The molecule has 3 N–H and O–H groups in total. The van der Waals surface area contributed by atoms with Gasteiger partial charge < -0.3 is 30.2 Å². The average Bonchev–Trinajstić information content (AvgIpc) is 3.48. The van der Waals surface area contributed by atoms with E-state index in [1.807, 2.05) is 12.2 Å². The number of methoxy groups -OCH3 is 1. The molecule has 260 valence electrons. The number of urea groups is 2. The molecule has 0 spiro atoms. The molecular formula is C33H35F3N6O6S. The minimum absolute atomic E-state index is 0.0105. The van der Waals surface area contributed by atoms with Gasteiger partial charge in [-0.3, -0.25) is 4.79 Å². The van der Waals surface area contributed by atoms with Gasteiger partial charge in [-0.05, 0) is 44.7 Å². The van der Waals surface area contributed by atoms with Crippen LogP contribution in [0.4, 0.5) is 22.8 Å². The lowest BCUT2D eigenvalue weighted by atomic mass is 9.97. The first-order valence-corrected chi connectivity index (χ1v) is 16.7. The van der Waals surface area contributed by atoms with Crippen LogP contribution in [-0.2, 0) is 15.8 Å². The Hall–Kier alpha value is -4.73. The molecule has 0 unspecified atom stereocenters. The van der Waals surface area contributed by atoms with Crippen LogP contribution in [0.25, 0.3) is 21.6 Å². The number of imide groups is 1. The molecule has 1 saturated heterocycles. The normalized spacial score (nSPS) is 25.4. The van der Waals surface area contributed by atoms with Gasteiger partial charge in [-0.1, -0.05) is 12.2 Å². The SMILES string of the molecule is COc1ccc2c(O[C@H]3CCN4C(=O)N(C(N)=O)CCCC/C=C\[C@@H]5C[C@@]5(C=O)NC(=O)[C@@H]4C3)cc(-c3nc(C(F)(F)F)cs3)nc2c1C. The summed E-state index contributed by atoms with van der Waals surface area (Å²) in [6.45, 7) is 1.87. The Morgan fingerprint density at radius 3 is 2.67 bits per heavy atom. The Kier molecular flexibility index (Phi) is 9.26. The lowest BCUT2D eigenvalue weighted by Gasteiger charge is -2.40. The van der Waals surface area contributed by atoms with Gasteiger partial charge in [0.15, 0.2) is 5.69 Å². The molecule has 16 heteroatoms. The number of allylic oxidation sites excluding steroid dienone is 1. The zero-order valence-corrected chi connectivity index (χ0v) is 27.6. The average molecular weight is 701 g/mol. The van der Waals surface area contributed by atoms with Crippen LogP contribution in [0.5, 0.6) is 11.5 Å². The number of piperidine rings is 1. The van der Waals surface area contributed by atoms with E-state index in [0.29, 0.717) is 54.2 Å². The second-order valence-electron chi connectivity index (χ2n) is 12.5. The van der Waals surface area contributed by atoms with Gasteiger partial charge in [-0.25, -0.2) is 24.5 Å². The predicted molar refractivity (Wildman–Crippen MR) is 173 cm³/mol. The molecule has 49 heavy (non-hydrogen) atoms. The predicted octanol–water partition coefficient (Wildman–Crippen LogP) is 5.22. The first-order chi connectivity index (χ1) is 23.3. The number of hydrogen-bond acceptors (Lipinski definition) is 9. The van der Waals surface area contributed by atoms with Gasteiger partial charge >= 0.3 is 18.2 Å². The van der Waals surface area contributed by atoms with E-state index < -0.39 is 47.5 Å². The number of rotatable bonds is 5. The minimum Gasteiger partial charge on any atom is -0.496 e. The van der Waals surface area contributed by atoms with Crippen LogP contribution in [0.1, 0.15) is 49.8 Å². The number of aromatic nitrogens is 2. The molecule has 1 aromatic carbocycles. The number of pyridine rings is 1. The quantitative estimate of drug-likeness (QED) is 0.271. The highest BCUT2D eigenvalue weighted by Gasteiger charge is 2.55. The molecule has 2 aliphatic heterocycles. The maximum absolute atomic E-state index is 13.9. The lowest BCUT2D eigenvalue weighted by molar-refractivity contribution is -0.140. The van der Waals surface area contributed by atoms with Gasteiger partial charge in [0.1, 0.15) is 46.2 Å². The van der Waals surface area contributed by atoms with Gasteiger partial charge in [0, 0.05) is 54.2 Å². The highest BCUT2D eigenvalue weighted by atomic mass is 32.1. The van der Waals surface area contributed by atoms with Crippen LogP contribution in [0, 0.1) is 12.8 Å². The van der Waals surface area contributed by atoms with Crippen molar-refractivity contribution in [2.75, 3.05) is 20.2 Å². The van der Waals surface area contributed by atoms with Crippen molar-refractivity contribution in [2.45, 2.75) is 69.3 Å². The van der Waals surface area contributed by atoms with Crippen LogP contribution in [0.3, 0.4) is 0 Å². The number of fused-ring (bicyclic) bond motifs is 3. The van der Waals surface area contributed by atoms with Gasteiger partial charge in [-0.2, -0.15) is 13.2 Å². The molecule has 2 fully saturated rings. The maximum Gasteiger partial charge on any atom is 0.434 e. The monoisotopic (exact) mass is 700 g/mol. The first-order valence-electron chi connectivity index (χ1n) is 15.9. The Balaban J connectivity index is 1.35. The molecule has 4 heterocycles.